The quantitative estimate of drug-likeness (QED) is 0.116. The summed E-state index contributed by atoms with van der Waals surface area (Å²) in [6.07, 6.45) is -13.9. The predicted octanol–water partition coefficient (Wildman–Crippen LogP) is 19.1. The Bertz CT molecular complexity index is 4100. The topological polar surface area (TPSA) is 14.2 Å². The summed E-state index contributed by atoms with van der Waals surface area (Å²) in [5.74, 6) is 0. The number of hydrogen-bond donors (Lipinski definition) is 0. The summed E-state index contributed by atoms with van der Waals surface area (Å²) in [5.41, 5.74) is 5.30. The Kier molecular flexibility index (Phi) is 10.9. The van der Waals surface area contributed by atoms with Gasteiger partial charge in [-0.05, 0) is 150 Å². The van der Waals surface area contributed by atoms with Gasteiger partial charge in [0.05, 0.1) is 51.0 Å². The van der Waals surface area contributed by atoms with E-state index in [2.05, 4.69) is 4.85 Å². The van der Waals surface area contributed by atoms with Crippen LogP contribution in [0.3, 0.4) is 0 Å². The molecular weight excluding hydrogens is 946 g/mol. The molecule has 360 valence electrons. The Hall–Kier alpha value is -8.56. The van der Waals surface area contributed by atoms with Gasteiger partial charge in [-0.15, -0.1) is 0 Å². The van der Waals surface area contributed by atoms with Crippen molar-refractivity contribution in [3.8, 4) is 55.9 Å². The van der Waals surface area contributed by atoms with Crippen LogP contribution in [0.4, 0.5) is 45.2 Å². The molecular formula is C61H38F9N3. The SMILES string of the molecule is [C-]#[N+]c1cccc(-n2c3ccccc3c3cc(-c4ccc(C(F)(F)F)cc4C)ccc32)c1-c1cc(-c2c(C)cccc2C(F)(F)F)ccc1-n1c2ccccc2c2cc(-c3ccc(C)cc3C(F)(F)F)ccc21. The third-order valence-corrected chi connectivity index (χ3v) is 13.8. The van der Waals surface area contributed by atoms with Crippen molar-refractivity contribution in [1.82, 2.24) is 9.13 Å². The van der Waals surface area contributed by atoms with E-state index in [4.69, 9.17) is 6.57 Å². The number of halogens is 9. The molecule has 9 aromatic carbocycles. The van der Waals surface area contributed by atoms with Crippen LogP contribution in [0.1, 0.15) is 33.4 Å². The van der Waals surface area contributed by atoms with E-state index in [1.54, 1.807) is 81.4 Å². The molecule has 12 heteroatoms. The molecule has 3 nitrogen and oxygen atoms in total. The molecule has 0 aliphatic carbocycles. The Labute approximate surface area is 412 Å². The summed E-state index contributed by atoms with van der Waals surface area (Å²) in [6.45, 7) is 13.5. The van der Waals surface area contributed by atoms with Crippen LogP contribution in [0, 0.1) is 27.3 Å². The monoisotopic (exact) mass is 983 g/mol. The number of aryl methyl sites for hydroxylation is 3. The molecule has 11 aromatic rings. The van der Waals surface area contributed by atoms with Gasteiger partial charge in [0.25, 0.3) is 0 Å². The molecule has 0 atom stereocenters. The fourth-order valence-electron chi connectivity index (χ4n) is 10.6. The highest BCUT2D eigenvalue weighted by Crippen LogP contribution is 2.49. The number of aromatic nitrogens is 2. The minimum absolute atomic E-state index is 0.00369. The van der Waals surface area contributed by atoms with E-state index in [1.807, 2.05) is 81.9 Å². The fourth-order valence-corrected chi connectivity index (χ4v) is 10.6. The summed E-state index contributed by atoms with van der Waals surface area (Å²) in [6, 6.07) is 47.8. The molecule has 0 amide bonds. The third kappa shape index (κ3) is 7.87. The lowest BCUT2D eigenvalue weighted by atomic mass is 9.90. The van der Waals surface area contributed by atoms with Gasteiger partial charge in [-0.1, -0.05) is 103 Å². The molecule has 2 heterocycles. The smallest absolute Gasteiger partial charge is 0.310 e. The van der Waals surface area contributed by atoms with Crippen molar-refractivity contribution in [1.29, 1.82) is 0 Å². The minimum atomic E-state index is -4.73. The zero-order chi connectivity index (χ0) is 51.3. The van der Waals surface area contributed by atoms with Gasteiger partial charge in [0.2, 0.25) is 0 Å². The highest BCUT2D eigenvalue weighted by molar-refractivity contribution is 6.13. The van der Waals surface area contributed by atoms with E-state index in [9.17, 15) is 39.5 Å². The average molecular weight is 984 g/mol. The zero-order valence-electron chi connectivity index (χ0n) is 39.0. The second-order valence-electron chi connectivity index (χ2n) is 18.3. The van der Waals surface area contributed by atoms with E-state index in [1.165, 1.54) is 18.2 Å². The van der Waals surface area contributed by atoms with Crippen molar-refractivity contribution in [3.05, 3.63) is 221 Å². The predicted molar refractivity (Wildman–Crippen MR) is 272 cm³/mol. The molecule has 2 aromatic heterocycles. The van der Waals surface area contributed by atoms with Crippen molar-refractivity contribution in [3.63, 3.8) is 0 Å². The number of rotatable bonds is 6. The molecule has 11 rings (SSSR count). The largest absolute Gasteiger partial charge is 0.417 e. The van der Waals surface area contributed by atoms with E-state index < -0.39 is 35.2 Å². The highest BCUT2D eigenvalue weighted by Gasteiger charge is 2.36. The maximum absolute atomic E-state index is 15.0. The second-order valence-corrected chi connectivity index (χ2v) is 18.3. The van der Waals surface area contributed by atoms with Crippen molar-refractivity contribution in [2.45, 2.75) is 39.3 Å². The maximum atomic E-state index is 15.0. The van der Waals surface area contributed by atoms with Crippen LogP contribution in [-0.4, -0.2) is 9.13 Å². The van der Waals surface area contributed by atoms with Gasteiger partial charge in [-0.3, -0.25) is 0 Å². The maximum Gasteiger partial charge on any atom is 0.417 e. The normalized spacial score (nSPS) is 12.4. The molecule has 73 heavy (non-hydrogen) atoms. The molecule has 0 bridgehead atoms. The molecule has 0 N–H and O–H groups in total. The lowest BCUT2D eigenvalue weighted by Gasteiger charge is -2.22. The molecule has 0 radical (unpaired) electrons. The van der Waals surface area contributed by atoms with Gasteiger partial charge in [0.1, 0.15) is 0 Å². The first-order valence-electron chi connectivity index (χ1n) is 23.1. The number of nitrogens with zero attached hydrogens (tertiary/aromatic N) is 3. The number of benzene rings is 9. The van der Waals surface area contributed by atoms with Crippen LogP contribution in [0.25, 0.3) is 104 Å². The van der Waals surface area contributed by atoms with Crippen molar-refractivity contribution in [2.75, 3.05) is 0 Å². The van der Waals surface area contributed by atoms with E-state index in [-0.39, 0.29) is 22.4 Å². The molecule has 0 unspecified atom stereocenters. The van der Waals surface area contributed by atoms with Crippen LogP contribution in [-0.2, 0) is 18.5 Å². The second kappa shape index (κ2) is 17.1. The van der Waals surface area contributed by atoms with Crippen LogP contribution in [0.5, 0.6) is 0 Å². The van der Waals surface area contributed by atoms with Gasteiger partial charge >= 0.3 is 18.5 Å². The number of fused-ring (bicyclic) bond motifs is 6. The van der Waals surface area contributed by atoms with E-state index in [0.29, 0.717) is 83.2 Å². The first-order chi connectivity index (χ1) is 34.8. The van der Waals surface area contributed by atoms with Crippen LogP contribution >= 0.6 is 0 Å². The van der Waals surface area contributed by atoms with Gasteiger partial charge in [-0.2, -0.15) is 39.5 Å². The van der Waals surface area contributed by atoms with Gasteiger partial charge < -0.3 is 9.13 Å². The lowest BCUT2D eigenvalue weighted by Crippen LogP contribution is -2.08. The van der Waals surface area contributed by atoms with E-state index in [0.717, 1.165) is 40.6 Å². The summed E-state index contributed by atoms with van der Waals surface area (Å²) < 4.78 is 134. The summed E-state index contributed by atoms with van der Waals surface area (Å²) >= 11 is 0. The highest BCUT2D eigenvalue weighted by atomic mass is 19.4. The summed E-state index contributed by atoms with van der Waals surface area (Å²) in [5, 5.41) is 2.88. The van der Waals surface area contributed by atoms with Crippen LogP contribution in [0.2, 0.25) is 0 Å². The Morgan fingerprint density at radius 2 is 0.945 bits per heavy atom. The Balaban J connectivity index is 1.21. The fraction of sp³-hybridized carbons (Fsp3) is 0.0984. The van der Waals surface area contributed by atoms with Crippen molar-refractivity contribution < 1.29 is 39.5 Å². The first-order valence-corrected chi connectivity index (χ1v) is 23.1. The number of hydrogen-bond acceptors (Lipinski definition) is 0. The van der Waals surface area contributed by atoms with Gasteiger partial charge in [0.15, 0.2) is 5.69 Å². The minimum Gasteiger partial charge on any atom is -0.310 e. The molecule has 0 saturated carbocycles. The lowest BCUT2D eigenvalue weighted by molar-refractivity contribution is -0.138. The van der Waals surface area contributed by atoms with Crippen molar-refractivity contribution in [2.24, 2.45) is 0 Å². The van der Waals surface area contributed by atoms with Crippen LogP contribution < -0.4 is 0 Å². The average Bonchev–Trinajstić information content (AvgIpc) is 3.87. The first kappa shape index (κ1) is 46.8. The van der Waals surface area contributed by atoms with Gasteiger partial charge in [0, 0.05) is 32.8 Å². The zero-order valence-corrected chi connectivity index (χ0v) is 39.0. The molecule has 0 saturated heterocycles. The summed E-state index contributed by atoms with van der Waals surface area (Å²) in [4.78, 5) is 4.04. The molecule has 0 aliphatic heterocycles. The Morgan fingerprint density at radius 3 is 1.55 bits per heavy atom. The van der Waals surface area contributed by atoms with E-state index >= 15 is 0 Å². The standard InChI is InChI=1S/C61H38F9N3/c1-34-19-24-42(49(29-34)61(68,69)70)38-21-27-53-46(32-38)43-12-5-7-16-51(43)72(53)55-28-22-39(57-35(2)11-9-14-48(57)60(65,66)67)33-47(55)58-50(71-4)15-10-18-56(58)73-52-17-8-6-13-44(52)45-31-37(20-26-54(45)73)41-25-23-40(30-36(41)3)59(62,63)64/h5-33H,1-3H3. The van der Waals surface area contributed by atoms with Crippen LogP contribution in [0.15, 0.2) is 176 Å². The molecule has 0 aliphatic rings. The number of para-hydroxylation sites is 2. The van der Waals surface area contributed by atoms with Crippen molar-refractivity contribution >= 4 is 49.3 Å². The molecule has 0 fully saturated rings. The number of alkyl halides is 9. The molecule has 0 spiro atoms. The summed E-state index contributed by atoms with van der Waals surface area (Å²) in [7, 11) is 0. The Morgan fingerprint density at radius 1 is 0.384 bits per heavy atom. The third-order valence-electron chi connectivity index (χ3n) is 13.8. The van der Waals surface area contributed by atoms with Gasteiger partial charge in [-0.25, -0.2) is 4.85 Å².